The molecule has 0 aliphatic heterocycles. The van der Waals surface area contributed by atoms with Crippen molar-refractivity contribution in [1.82, 2.24) is 0 Å². The Morgan fingerprint density at radius 2 is 2.25 bits per heavy atom. The van der Waals surface area contributed by atoms with Crippen molar-refractivity contribution < 1.29 is 9.90 Å². The molecule has 0 aliphatic carbocycles. The Morgan fingerprint density at radius 1 is 1.50 bits per heavy atom. The Labute approximate surface area is 75.8 Å². The number of carbonyl (C=O) groups excluding carboxylic acids is 1. The van der Waals surface area contributed by atoms with Gasteiger partial charge in [0.2, 0.25) is 0 Å². The van der Waals surface area contributed by atoms with Crippen molar-refractivity contribution in [2.75, 3.05) is 6.61 Å². The molecule has 0 radical (unpaired) electrons. The lowest BCUT2D eigenvalue weighted by Crippen LogP contribution is -1.97. The molecule has 0 fully saturated rings. The van der Waals surface area contributed by atoms with Crippen LogP contribution in [-0.4, -0.2) is 18.0 Å². The van der Waals surface area contributed by atoms with Crippen molar-refractivity contribution in [2.45, 2.75) is 6.42 Å². The SMILES string of the molecule is O=Cc1cccc(Cl)c1CCO. The maximum absolute atomic E-state index is 10.5. The van der Waals surface area contributed by atoms with E-state index in [0.29, 0.717) is 17.0 Å². The fourth-order valence-corrected chi connectivity index (χ4v) is 1.34. The number of aliphatic hydroxyl groups is 1. The first-order valence-corrected chi connectivity index (χ1v) is 4.01. The predicted molar refractivity (Wildman–Crippen MR) is 47.6 cm³/mol. The normalized spacial score (nSPS) is 9.83. The molecule has 1 aromatic rings. The van der Waals surface area contributed by atoms with Crippen molar-refractivity contribution in [3.63, 3.8) is 0 Å². The summed E-state index contributed by atoms with van der Waals surface area (Å²) in [4.78, 5) is 10.5. The maximum Gasteiger partial charge on any atom is 0.150 e. The molecule has 1 N–H and O–H groups in total. The molecule has 0 aliphatic rings. The quantitative estimate of drug-likeness (QED) is 0.726. The molecule has 0 spiro atoms. The molecule has 64 valence electrons. The maximum atomic E-state index is 10.5. The van der Waals surface area contributed by atoms with E-state index in [4.69, 9.17) is 16.7 Å². The Bertz CT molecular complexity index is 284. The number of carbonyl (C=O) groups is 1. The average molecular weight is 185 g/mol. The fourth-order valence-electron chi connectivity index (χ4n) is 1.06. The molecule has 1 rings (SSSR count). The molecule has 0 saturated carbocycles. The highest BCUT2D eigenvalue weighted by atomic mass is 35.5. The summed E-state index contributed by atoms with van der Waals surface area (Å²) < 4.78 is 0. The highest BCUT2D eigenvalue weighted by Gasteiger charge is 2.04. The summed E-state index contributed by atoms with van der Waals surface area (Å²) in [6.45, 7) is 0.00454. The third-order valence-corrected chi connectivity index (χ3v) is 2.00. The summed E-state index contributed by atoms with van der Waals surface area (Å²) in [5, 5.41) is 9.23. The van der Waals surface area contributed by atoms with E-state index < -0.39 is 0 Å². The van der Waals surface area contributed by atoms with Gasteiger partial charge < -0.3 is 5.11 Å². The van der Waals surface area contributed by atoms with Gasteiger partial charge in [0.05, 0.1) is 0 Å². The van der Waals surface area contributed by atoms with E-state index in [9.17, 15) is 4.79 Å². The lowest BCUT2D eigenvalue weighted by atomic mass is 10.1. The number of benzene rings is 1. The van der Waals surface area contributed by atoms with Crippen molar-refractivity contribution in [3.05, 3.63) is 34.3 Å². The van der Waals surface area contributed by atoms with E-state index >= 15 is 0 Å². The minimum Gasteiger partial charge on any atom is -0.396 e. The molecule has 12 heavy (non-hydrogen) atoms. The number of rotatable bonds is 3. The molecule has 0 amide bonds. The first-order chi connectivity index (χ1) is 5.79. The van der Waals surface area contributed by atoms with Gasteiger partial charge >= 0.3 is 0 Å². The van der Waals surface area contributed by atoms with Crippen LogP contribution in [0.3, 0.4) is 0 Å². The second kappa shape index (κ2) is 4.24. The Balaban J connectivity index is 3.10. The summed E-state index contributed by atoms with van der Waals surface area (Å²) in [7, 11) is 0. The van der Waals surface area contributed by atoms with Gasteiger partial charge in [0.1, 0.15) is 6.29 Å². The Hall–Kier alpha value is -0.860. The van der Waals surface area contributed by atoms with E-state index in [1.165, 1.54) is 0 Å². The molecule has 0 atom stereocenters. The topological polar surface area (TPSA) is 37.3 Å². The van der Waals surface area contributed by atoms with E-state index in [1.54, 1.807) is 18.2 Å². The molecule has 0 bridgehead atoms. The fraction of sp³-hybridized carbons (Fsp3) is 0.222. The number of aliphatic hydroxyl groups excluding tert-OH is 1. The molecule has 1 aromatic carbocycles. The molecular weight excluding hydrogens is 176 g/mol. The van der Waals surface area contributed by atoms with Crippen molar-refractivity contribution in [1.29, 1.82) is 0 Å². The number of aldehydes is 1. The van der Waals surface area contributed by atoms with Crippen LogP contribution in [0.4, 0.5) is 0 Å². The lowest BCUT2D eigenvalue weighted by molar-refractivity contribution is 0.112. The van der Waals surface area contributed by atoms with E-state index in [1.807, 2.05) is 0 Å². The highest BCUT2D eigenvalue weighted by molar-refractivity contribution is 6.31. The van der Waals surface area contributed by atoms with Crippen LogP contribution in [0.5, 0.6) is 0 Å². The first-order valence-electron chi connectivity index (χ1n) is 3.63. The van der Waals surface area contributed by atoms with Gasteiger partial charge in [0, 0.05) is 17.2 Å². The summed E-state index contributed by atoms with van der Waals surface area (Å²) in [6, 6.07) is 5.11. The van der Waals surface area contributed by atoms with Crippen LogP contribution in [0.2, 0.25) is 5.02 Å². The van der Waals surface area contributed by atoms with Crippen LogP contribution in [0, 0.1) is 0 Å². The van der Waals surface area contributed by atoms with Gasteiger partial charge in [-0.3, -0.25) is 4.79 Å². The largest absolute Gasteiger partial charge is 0.396 e. The second-order valence-corrected chi connectivity index (χ2v) is 2.81. The zero-order valence-corrected chi connectivity index (χ0v) is 7.21. The Kier molecular flexibility index (Phi) is 3.26. The third kappa shape index (κ3) is 1.84. The first kappa shape index (κ1) is 9.23. The van der Waals surface area contributed by atoms with Crippen LogP contribution in [0.1, 0.15) is 15.9 Å². The van der Waals surface area contributed by atoms with Crippen LogP contribution in [-0.2, 0) is 6.42 Å². The molecular formula is C9H9ClO2. The monoisotopic (exact) mass is 184 g/mol. The van der Waals surface area contributed by atoms with Gasteiger partial charge in [-0.15, -0.1) is 0 Å². The molecule has 0 saturated heterocycles. The summed E-state index contributed by atoms with van der Waals surface area (Å²) in [6.07, 6.45) is 1.17. The van der Waals surface area contributed by atoms with E-state index in [2.05, 4.69) is 0 Å². The van der Waals surface area contributed by atoms with Crippen LogP contribution in [0.15, 0.2) is 18.2 Å². The highest BCUT2D eigenvalue weighted by Crippen LogP contribution is 2.18. The minimum absolute atomic E-state index is 0.00454. The summed E-state index contributed by atoms with van der Waals surface area (Å²) in [5.41, 5.74) is 1.27. The van der Waals surface area contributed by atoms with Crippen LogP contribution in [0.25, 0.3) is 0 Å². The van der Waals surface area contributed by atoms with E-state index in [-0.39, 0.29) is 6.61 Å². The number of halogens is 1. The molecule has 0 aromatic heterocycles. The van der Waals surface area contributed by atoms with Crippen LogP contribution >= 0.6 is 11.6 Å². The van der Waals surface area contributed by atoms with E-state index in [0.717, 1.165) is 11.8 Å². The summed E-state index contributed by atoms with van der Waals surface area (Å²) >= 11 is 5.82. The molecule has 3 heteroatoms. The van der Waals surface area contributed by atoms with Crippen molar-refractivity contribution in [2.24, 2.45) is 0 Å². The Morgan fingerprint density at radius 3 is 2.83 bits per heavy atom. The number of hydrogen-bond acceptors (Lipinski definition) is 2. The second-order valence-electron chi connectivity index (χ2n) is 2.40. The van der Waals surface area contributed by atoms with Gasteiger partial charge in [-0.05, 0) is 18.1 Å². The van der Waals surface area contributed by atoms with Gasteiger partial charge in [0.25, 0.3) is 0 Å². The predicted octanol–water partition coefficient (Wildman–Crippen LogP) is 1.69. The zero-order chi connectivity index (χ0) is 8.97. The molecule has 2 nitrogen and oxygen atoms in total. The standard InChI is InChI=1S/C9H9ClO2/c10-9-3-1-2-7(6-12)8(9)4-5-11/h1-3,6,11H,4-5H2. The molecule has 0 unspecified atom stereocenters. The average Bonchev–Trinajstić information content (AvgIpc) is 2.09. The van der Waals surface area contributed by atoms with Crippen molar-refractivity contribution >= 4 is 17.9 Å². The lowest BCUT2D eigenvalue weighted by Gasteiger charge is -2.03. The third-order valence-electron chi connectivity index (χ3n) is 1.64. The molecule has 0 heterocycles. The van der Waals surface area contributed by atoms with Gasteiger partial charge in [-0.1, -0.05) is 23.7 Å². The summed E-state index contributed by atoms with van der Waals surface area (Å²) in [5.74, 6) is 0. The van der Waals surface area contributed by atoms with Crippen molar-refractivity contribution in [3.8, 4) is 0 Å². The number of hydrogen-bond donors (Lipinski definition) is 1. The van der Waals surface area contributed by atoms with Gasteiger partial charge in [0.15, 0.2) is 0 Å². The minimum atomic E-state index is 0.00454. The van der Waals surface area contributed by atoms with Gasteiger partial charge in [-0.25, -0.2) is 0 Å². The smallest absolute Gasteiger partial charge is 0.150 e. The van der Waals surface area contributed by atoms with Gasteiger partial charge in [-0.2, -0.15) is 0 Å². The van der Waals surface area contributed by atoms with Crippen LogP contribution < -0.4 is 0 Å². The zero-order valence-electron chi connectivity index (χ0n) is 6.46.